The number of carbonyl (C=O) groups excluding carboxylic acids is 1. The molecule has 0 unspecified atom stereocenters. The molecule has 0 fully saturated rings. The van der Waals surface area contributed by atoms with Crippen molar-refractivity contribution >= 4 is 45.4 Å². The van der Waals surface area contributed by atoms with Crippen molar-refractivity contribution in [3.63, 3.8) is 0 Å². The lowest BCUT2D eigenvalue weighted by Gasteiger charge is -2.06. The fraction of sp³-hybridized carbons (Fsp3) is 0.250. The highest BCUT2D eigenvalue weighted by molar-refractivity contribution is 7.89. The summed E-state index contributed by atoms with van der Waals surface area (Å²) < 4.78 is 23.6. The maximum absolute atomic E-state index is 11.9. The van der Waals surface area contributed by atoms with Crippen LogP contribution in [0.4, 0.5) is 5.69 Å². The SMILES string of the molecule is CCc1nn(CC(=O)Nc2ccc(S(N)(=O)=O)cc2)c(=N)s1.Cl. The number of carbonyl (C=O) groups is 1. The third-order valence-corrected chi connectivity index (χ3v) is 4.68. The van der Waals surface area contributed by atoms with E-state index < -0.39 is 10.0 Å². The largest absolute Gasteiger partial charge is 0.324 e. The zero-order valence-corrected chi connectivity index (χ0v) is 14.6. The van der Waals surface area contributed by atoms with Crippen molar-refractivity contribution in [2.75, 3.05) is 5.32 Å². The van der Waals surface area contributed by atoms with Gasteiger partial charge in [-0.25, -0.2) is 18.2 Å². The van der Waals surface area contributed by atoms with E-state index in [-0.39, 0.29) is 34.6 Å². The summed E-state index contributed by atoms with van der Waals surface area (Å²) >= 11 is 1.23. The molecule has 4 N–H and O–H groups in total. The molecule has 0 spiro atoms. The van der Waals surface area contributed by atoms with Crippen LogP contribution in [0, 0.1) is 5.41 Å². The summed E-state index contributed by atoms with van der Waals surface area (Å²) in [5.41, 5.74) is 0.440. The summed E-state index contributed by atoms with van der Waals surface area (Å²) in [6.45, 7) is 1.85. The Bertz CT molecular complexity index is 842. The Balaban J connectivity index is 0.00000264. The highest BCUT2D eigenvalue weighted by Crippen LogP contribution is 2.12. The van der Waals surface area contributed by atoms with E-state index in [1.165, 1.54) is 40.3 Å². The summed E-state index contributed by atoms with van der Waals surface area (Å²) in [4.78, 5) is 12.1. The van der Waals surface area contributed by atoms with Crippen LogP contribution in [0.2, 0.25) is 0 Å². The molecule has 0 atom stereocenters. The molecule has 1 heterocycles. The summed E-state index contributed by atoms with van der Waals surface area (Å²) in [6.07, 6.45) is 0.709. The molecule has 2 rings (SSSR count). The first-order chi connectivity index (χ1) is 10.3. The Morgan fingerprint density at radius 1 is 1.39 bits per heavy atom. The predicted octanol–water partition coefficient (Wildman–Crippen LogP) is 0.694. The summed E-state index contributed by atoms with van der Waals surface area (Å²) in [6, 6.07) is 5.52. The average molecular weight is 378 g/mol. The lowest BCUT2D eigenvalue weighted by molar-refractivity contribution is -0.117. The Morgan fingerprint density at radius 2 is 2.00 bits per heavy atom. The second-order valence-electron chi connectivity index (χ2n) is 4.43. The second-order valence-corrected chi connectivity index (χ2v) is 7.05. The van der Waals surface area contributed by atoms with E-state index in [4.69, 9.17) is 10.5 Å². The molecule has 8 nitrogen and oxygen atoms in total. The minimum Gasteiger partial charge on any atom is -0.324 e. The lowest BCUT2D eigenvalue weighted by Crippen LogP contribution is -2.25. The van der Waals surface area contributed by atoms with Crippen molar-refractivity contribution in [2.24, 2.45) is 5.14 Å². The van der Waals surface area contributed by atoms with E-state index in [0.717, 1.165) is 5.01 Å². The van der Waals surface area contributed by atoms with Crippen molar-refractivity contribution < 1.29 is 13.2 Å². The Morgan fingerprint density at radius 3 is 2.48 bits per heavy atom. The Hall–Kier alpha value is -1.75. The van der Waals surface area contributed by atoms with Gasteiger partial charge in [0.1, 0.15) is 11.6 Å². The van der Waals surface area contributed by atoms with Crippen LogP contribution < -0.4 is 15.3 Å². The average Bonchev–Trinajstić information content (AvgIpc) is 2.79. The summed E-state index contributed by atoms with van der Waals surface area (Å²) in [5, 5.41) is 20.3. The normalized spacial score (nSPS) is 10.9. The smallest absolute Gasteiger partial charge is 0.246 e. The van der Waals surface area contributed by atoms with Gasteiger partial charge in [0, 0.05) is 5.69 Å². The molecule has 0 bridgehead atoms. The maximum atomic E-state index is 11.9. The third kappa shape index (κ3) is 5.13. The number of anilines is 1. The number of nitrogens with two attached hydrogens (primary N) is 1. The number of aryl methyl sites for hydroxylation is 1. The molecular formula is C12H16ClN5O3S2. The van der Waals surface area contributed by atoms with E-state index in [9.17, 15) is 13.2 Å². The van der Waals surface area contributed by atoms with Gasteiger partial charge < -0.3 is 5.32 Å². The number of hydrogen-bond donors (Lipinski definition) is 3. The van der Waals surface area contributed by atoms with Crippen LogP contribution in [0.5, 0.6) is 0 Å². The van der Waals surface area contributed by atoms with E-state index in [0.29, 0.717) is 12.1 Å². The van der Waals surface area contributed by atoms with Crippen molar-refractivity contribution in [3.8, 4) is 0 Å². The zero-order chi connectivity index (χ0) is 16.3. The van der Waals surface area contributed by atoms with Crippen molar-refractivity contribution in [1.82, 2.24) is 9.78 Å². The number of halogens is 1. The molecule has 0 saturated carbocycles. The number of benzene rings is 1. The standard InChI is InChI=1S/C12H15N5O3S2.ClH/c1-2-11-16-17(12(13)21-11)7-10(18)15-8-3-5-9(6-4-8)22(14,19)20;/h3-6,13H,2,7H2,1H3,(H,15,18)(H2,14,19,20);1H. The number of sulfonamides is 1. The van der Waals surface area contributed by atoms with E-state index in [1.54, 1.807) is 0 Å². The van der Waals surface area contributed by atoms with Crippen LogP contribution in [0.15, 0.2) is 29.2 Å². The molecule has 0 aliphatic carbocycles. The van der Waals surface area contributed by atoms with Crippen LogP contribution in [0.3, 0.4) is 0 Å². The van der Waals surface area contributed by atoms with Crippen LogP contribution in [0.1, 0.15) is 11.9 Å². The lowest BCUT2D eigenvalue weighted by atomic mass is 10.3. The minimum atomic E-state index is -3.75. The topological polar surface area (TPSA) is 131 Å². The summed E-state index contributed by atoms with van der Waals surface area (Å²) in [5.74, 6) is -0.352. The number of nitrogens with zero attached hydrogens (tertiary/aromatic N) is 2. The number of aromatic nitrogens is 2. The Labute approximate surface area is 143 Å². The Kier molecular flexibility index (Phi) is 6.45. The second kappa shape index (κ2) is 7.68. The molecule has 1 aromatic heterocycles. The van der Waals surface area contributed by atoms with Crippen molar-refractivity contribution in [1.29, 1.82) is 5.41 Å². The predicted molar refractivity (Wildman–Crippen MR) is 89.0 cm³/mol. The number of amides is 1. The van der Waals surface area contributed by atoms with Gasteiger partial charge in [0.2, 0.25) is 20.7 Å². The molecule has 2 aromatic rings. The van der Waals surface area contributed by atoms with Crippen LogP contribution >= 0.6 is 23.7 Å². The molecule has 11 heteroatoms. The number of primary sulfonamides is 1. The van der Waals surface area contributed by atoms with E-state index in [2.05, 4.69) is 10.4 Å². The maximum Gasteiger partial charge on any atom is 0.246 e. The molecule has 126 valence electrons. The first-order valence-electron chi connectivity index (χ1n) is 6.33. The first kappa shape index (κ1) is 19.3. The van der Waals surface area contributed by atoms with Crippen LogP contribution in [-0.4, -0.2) is 24.1 Å². The van der Waals surface area contributed by atoms with Gasteiger partial charge in [-0.3, -0.25) is 10.2 Å². The highest BCUT2D eigenvalue weighted by atomic mass is 35.5. The monoisotopic (exact) mass is 377 g/mol. The molecule has 1 aromatic carbocycles. The minimum absolute atomic E-state index is 0. The van der Waals surface area contributed by atoms with E-state index >= 15 is 0 Å². The van der Waals surface area contributed by atoms with E-state index in [1.807, 2.05) is 6.92 Å². The first-order valence-corrected chi connectivity index (χ1v) is 8.70. The van der Waals surface area contributed by atoms with Gasteiger partial charge in [0.25, 0.3) is 0 Å². The van der Waals surface area contributed by atoms with Gasteiger partial charge in [0.15, 0.2) is 0 Å². The molecule has 23 heavy (non-hydrogen) atoms. The number of hydrogen-bond acceptors (Lipinski definition) is 6. The van der Waals surface area contributed by atoms with Gasteiger partial charge in [0.05, 0.1) is 4.90 Å². The fourth-order valence-electron chi connectivity index (χ4n) is 1.68. The molecule has 0 aliphatic rings. The zero-order valence-electron chi connectivity index (χ0n) is 12.1. The van der Waals surface area contributed by atoms with Crippen molar-refractivity contribution in [3.05, 3.63) is 34.1 Å². The van der Waals surface area contributed by atoms with Gasteiger partial charge in [-0.15, -0.1) is 12.4 Å². The number of nitrogens with one attached hydrogen (secondary N) is 2. The fourth-order valence-corrected chi connectivity index (χ4v) is 2.91. The van der Waals surface area contributed by atoms with Crippen molar-refractivity contribution in [2.45, 2.75) is 24.8 Å². The molecule has 0 saturated heterocycles. The van der Waals surface area contributed by atoms with Gasteiger partial charge in [-0.05, 0) is 30.7 Å². The highest BCUT2D eigenvalue weighted by Gasteiger charge is 2.10. The summed E-state index contributed by atoms with van der Waals surface area (Å²) in [7, 11) is -3.75. The molecular weight excluding hydrogens is 362 g/mol. The number of rotatable bonds is 5. The van der Waals surface area contributed by atoms with Crippen LogP contribution in [0.25, 0.3) is 0 Å². The quantitative estimate of drug-likeness (QED) is 0.707. The molecule has 0 aliphatic heterocycles. The van der Waals surface area contributed by atoms with Gasteiger partial charge in [-0.1, -0.05) is 18.3 Å². The van der Waals surface area contributed by atoms with Gasteiger partial charge in [-0.2, -0.15) is 5.10 Å². The van der Waals surface area contributed by atoms with Gasteiger partial charge >= 0.3 is 0 Å². The van der Waals surface area contributed by atoms with Crippen LogP contribution in [-0.2, 0) is 27.8 Å². The molecule has 1 amide bonds. The third-order valence-electron chi connectivity index (χ3n) is 2.74. The molecule has 0 radical (unpaired) electrons.